The molecule has 0 fully saturated rings. The number of rotatable bonds is 9. The third-order valence-corrected chi connectivity index (χ3v) is 2.92. The Balaban J connectivity index is 5.73. The number of aliphatic imine (C=N–C) groups is 1. The predicted octanol–water partition coefficient (Wildman–Crippen LogP) is 0.821. The van der Waals surface area contributed by atoms with Crippen LogP contribution in [0.3, 0.4) is 0 Å². The largest absolute Gasteiger partial charge is 0.464 e. The average molecular weight is 416 g/mol. The van der Waals surface area contributed by atoms with Crippen LogP contribution in [0, 0.1) is 0 Å². The SMILES string of the molecule is CCOC(=O)C(=O)N/C(C)=C(/OCC)OC(=N[C@@H](C)C(=O)OCC)C(=O)OCC. The van der Waals surface area contributed by atoms with Crippen molar-refractivity contribution in [3.63, 3.8) is 0 Å². The van der Waals surface area contributed by atoms with E-state index in [0.29, 0.717) is 0 Å². The molecule has 29 heavy (non-hydrogen) atoms. The first-order valence-electron chi connectivity index (χ1n) is 9.12. The Bertz CT molecular complexity index is 656. The van der Waals surface area contributed by atoms with Crippen LogP contribution in [0.15, 0.2) is 16.6 Å². The van der Waals surface area contributed by atoms with Crippen LogP contribution >= 0.6 is 0 Å². The molecule has 1 atom stereocenters. The number of carbonyl (C=O) groups is 4. The van der Waals surface area contributed by atoms with Crippen LogP contribution in [-0.2, 0) is 42.9 Å². The van der Waals surface area contributed by atoms with Crippen LogP contribution in [0.25, 0.3) is 0 Å². The Hall–Kier alpha value is -3.11. The number of amides is 1. The smallest absolute Gasteiger partial charge is 0.397 e. The van der Waals surface area contributed by atoms with Gasteiger partial charge in [-0.05, 0) is 41.5 Å². The molecule has 0 heterocycles. The van der Waals surface area contributed by atoms with Crippen molar-refractivity contribution in [3.8, 4) is 0 Å². The summed E-state index contributed by atoms with van der Waals surface area (Å²) >= 11 is 0. The molecule has 0 radical (unpaired) electrons. The Labute approximate surface area is 169 Å². The molecule has 1 amide bonds. The fraction of sp³-hybridized carbons (Fsp3) is 0.611. The summed E-state index contributed by atoms with van der Waals surface area (Å²) in [6, 6.07) is -1.06. The van der Waals surface area contributed by atoms with Gasteiger partial charge in [0.25, 0.3) is 0 Å². The Kier molecular flexibility index (Phi) is 12.5. The Morgan fingerprint density at radius 3 is 1.86 bits per heavy atom. The summed E-state index contributed by atoms with van der Waals surface area (Å²) in [6.45, 7) is 9.46. The second-order valence-corrected chi connectivity index (χ2v) is 5.20. The lowest BCUT2D eigenvalue weighted by Crippen LogP contribution is -2.33. The summed E-state index contributed by atoms with van der Waals surface area (Å²) < 4.78 is 24.9. The molecule has 0 saturated heterocycles. The van der Waals surface area contributed by atoms with Crippen molar-refractivity contribution < 1.29 is 42.9 Å². The van der Waals surface area contributed by atoms with Crippen molar-refractivity contribution >= 4 is 29.7 Å². The van der Waals surface area contributed by atoms with Gasteiger partial charge in [0.15, 0.2) is 0 Å². The molecular formula is C18H28N2O9. The molecule has 0 aromatic heterocycles. The maximum Gasteiger partial charge on any atom is 0.397 e. The van der Waals surface area contributed by atoms with Crippen molar-refractivity contribution in [2.45, 2.75) is 47.6 Å². The molecule has 1 N–H and O–H groups in total. The molecule has 164 valence electrons. The second-order valence-electron chi connectivity index (χ2n) is 5.20. The Morgan fingerprint density at radius 2 is 1.34 bits per heavy atom. The lowest BCUT2D eigenvalue weighted by Gasteiger charge is -2.15. The molecule has 11 heteroatoms. The number of nitrogens with zero attached hydrogens (tertiary/aromatic N) is 1. The van der Waals surface area contributed by atoms with E-state index in [2.05, 4.69) is 15.0 Å². The minimum Gasteiger partial charge on any atom is -0.464 e. The van der Waals surface area contributed by atoms with E-state index >= 15 is 0 Å². The molecule has 0 spiro atoms. The number of carbonyl (C=O) groups excluding carboxylic acids is 4. The molecule has 0 aromatic rings. The van der Waals surface area contributed by atoms with Crippen LogP contribution in [0.5, 0.6) is 0 Å². The van der Waals surface area contributed by atoms with Gasteiger partial charge in [-0.3, -0.25) is 4.79 Å². The molecule has 11 nitrogen and oxygen atoms in total. The number of esters is 3. The summed E-state index contributed by atoms with van der Waals surface area (Å²) in [5.41, 5.74) is -0.0225. The van der Waals surface area contributed by atoms with E-state index in [-0.39, 0.29) is 38.1 Å². The number of hydrogen-bond acceptors (Lipinski definition) is 10. The topological polar surface area (TPSA) is 139 Å². The number of allylic oxidation sites excluding steroid dienone is 1. The van der Waals surface area contributed by atoms with Gasteiger partial charge in [0, 0.05) is 0 Å². The molecule has 0 bridgehead atoms. The first kappa shape index (κ1) is 25.9. The van der Waals surface area contributed by atoms with Gasteiger partial charge in [-0.1, -0.05) is 0 Å². The maximum atomic E-state index is 12.2. The highest BCUT2D eigenvalue weighted by Crippen LogP contribution is 2.10. The summed E-state index contributed by atoms with van der Waals surface area (Å²) in [7, 11) is 0. The van der Waals surface area contributed by atoms with Gasteiger partial charge in [-0.25, -0.2) is 19.4 Å². The predicted molar refractivity (Wildman–Crippen MR) is 100 cm³/mol. The third kappa shape index (κ3) is 9.58. The normalized spacial score (nSPS) is 12.8. The minimum atomic E-state index is -1.10. The van der Waals surface area contributed by atoms with E-state index in [0.717, 1.165) is 0 Å². The summed E-state index contributed by atoms with van der Waals surface area (Å²) in [5, 5.41) is 2.24. The van der Waals surface area contributed by atoms with Crippen molar-refractivity contribution in [2.24, 2.45) is 4.99 Å². The quantitative estimate of drug-likeness (QED) is 0.144. The van der Waals surface area contributed by atoms with Crippen molar-refractivity contribution in [1.82, 2.24) is 5.32 Å². The van der Waals surface area contributed by atoms with Gasteiger partial charge < -0.3 is 29.0 Å². The summed E-state index contributed by atoms with van der Waals surface area (Å²) in [4.78, 5) is 51.1. The first-order valence-corrected chi connectivity index (χ1v) is 9.12. The van der Waals surface area contributed by atoms with E-state index in [1.807, 2.05) is 0 Å². The van der Waals surface area contributed by atoms with Gasteiger partial charge >= 0.3 is 35.7 Å². The zero-order valence-electron chi connectivity index (χ0n) is 17.5. The lowest BCUT2D eigenvalue weighted by atomic mass is 10.3. The Morgan fingerprint density at radius 1 is 0.828 bits per heavy atom. The molecule has 0 unspecified atom stereocenters. The maximum absolute atomic E-state index is 12.2. The molecule has 0 rings (SSSR count). The summed E-state index contributed by atoms with van der Waals surface area (Å²) in [5.74, 6) is -4.68. The van der Waals surface area contributed by atoms with Crippen molar-refractivity contribution in [1.29, 1.82) is 0 Å². The fourth-order valence-corrected chi connectivity index (χ4v) is 1.71. The van der Waals surface area contributed by atoms with Crippen LogP contribution in [-0.4, -0.2) is 62.2 Å². The van der Waals surface area contributed by atoms with Gasteiger partial charge in [0.05, 0.1) is 32.1 Å². The first-order chi connectivity index (χ1) is 13.7. The average Bonchev–Trinajstić information content (AvgIpc) is 2.67. The van der Waals surface area contributed by atoms with Crippen LogP contribution in [0.1, 0.15) is 41.5 Å². The highest BCUT2D eigenvalue weighted by Gasteiger charge is 2.25. The third-order valence-electron chi connectivity index (χ3n) is 2.92. The zero-order valence-corrected chi connectivity index (χ0v) is 17.5. The van der Waals surface area contributed by atoms with Crippen molar-refractivity contribution in [2.75, 3.05) is 26.4 Å². The number of ether oxygens (including phenoxy) is 5. The minimum absolute atomic E-state index is 0.0225. The number of hydrogen-bond donors (Lipinski definition) is 1. The molecule has 0 aliphatic rings. The van der Waals surface area contributed by atoms with Gasteiger partial charge in [-0.15, -0.1) is 0 Å². The number of nitrogens with one attached hydrogen (secondary N) is 1. The molecule has 0 saturated carbocycles. The highest BCUT2D eigenvalue weighted by molar-refractivity contribution is 6.33. The van der Waals surface area contributed by atoms with Gasteiger partial charge in [-0.2, -0.15) is 0 Å². The molecular weight excluding hydrogens is 388 g/mol. The van der Waals surface area contributed by atoms with Crippen LogP contribution < -0.4 is 5.32 Å². The zero-order chi connectivity index (χ0) is 22.4. The van der Waals surface area contributed by atoms with E-state index < -0.39 is 35.8 Å². The molecule has 0 aliphatic carbocycles. The summed E-state index contributed by atoms with van der Waals surface area (Å²) in [6.07, 6.45) is 0. The highest BCUT2D eigenvalue weighted by atomic mass is 16.7. The second kappa shape index (κ2) is 14.0. The lowest BCUT2D eigenvalue weighted by molar-refractivity contribution is -0.154. The standard InChI is InChI=1S/C18H28N2O9/c1-7-25-15(22)11(5)20-14(17(24)27-9-3)29-18(28-10-4)12(6)19-13(21)16(23)26-8-2/h11H,7-10H2,1-6H3,(H,19,21)/b18-12-,20-14?/t11-/m0/s1. The van der Waals surface area contributed by atoms with Gasteiger partial charge in [0.2, 0.25) is 0 Å². The van der Waals surface area contributed by atoms with E-state index in [4.69, 9.17) is 18.9 Å². The monoisotopic (exact) mass is 416 g/mol. The molecule has 0 aliphatic heterocycles. The van der Waals surface area contributed by atoms with Gasteiger partial charge in [0.1, 0.15) is 6.04 Å². The van der Waals surface area contributed by atoms with E-state index in [9.17, 15) is 19.2 Å². The van der Waals surface area contributed by atoms with E-state index in [1.54, 1.807) is 27.7 Å². The van der Waals surface area contributed by atoms with Crippen molar-refractivity contribution in [3.05, 3.63) is 11.6 Å². The fourth-order valence-electron chi connectivity index (χ4n) is 1.71. The van der Waals surface area contributed by atoms with Crippen LogP contribution in [0.4, 0.5) is 0 Å². The molecule has 0 aromatic carbocycles. The van der Waals surface area contributed by atoms with E-state index in [1.165, 1.54) is 13.8 Å². The van der Waals surface area contributed by atoms with Crippen LogP contribution in [0.2, 0.25) is 0 Å².